The number of para-hydroxylation sites is 1. The number of benzene rings is 2. The summed E-state index contributed by atoms with van der Waals surface area (Å²) >= 11 is 7.53. The van der Waals surface area contributed by atoms with Gasteiger partial charge in [-0.15, -0.1) is 10.2 Å². The number of piperidine rings is 1. The summed E-state index contributed by atoms with van der Waals surface area (Å²) in [6, 6.07) is 17.6. The molecule has 1 aromatic heterocycles. The number of halogens is 1. The molecule has 0 saturated carbocycles. The highest BCUT2D eigenvalue weighted by Crippen LogP contribution is 2.27. The van der Waals surface area contributed by atoms with Crippen LogP contribution in [0.1, 0.15) is 24.3 Å². The molecule has 1 N–H and O–H groups in total. The molecule has 6 nitrogen and oxygen atoms in total. The topological polar surface area (TPSA) is 67.3 Å². The van der Waals surface area contributed by atoms with Gasteiger partial charge in [0.05, 0.1) is 6.61 Å². The van der Waals surface area contributed by atoms with E-state index < -0.39 is 0 Å². The Morgan fingerprint density at radius 2 is 1.94 bits per heavy atom. The minimum absolute atomic E-state index is 0.0120. The zero-order chi connectivity index (χ0) is 21.5. The predicted octanol–water partition coefficient (Wildman–Crippen LogP) is 5.06. The normalized spacial score (nSPS) is 14.4. The van der Waals surface area contributed by atoms with Crippen LogP contribution in [0.4, 0.5) is 10.8 Å². The molecule has 0 unspecified atom stereocenters. The Hall–Kier alpha value is -2.64. The van der Waals surface area contributed by atoms with Crippen LogP contribution in [0.25, 0.3) is 0 Å². The molecule has 4 rings (SSSR count). The van der Waals surface area contributed by atoms with Crippen molar-refractivity contribution in [1.29, 1.82) is 0 Å². The van der Waals surface area contributed by atoms with Crippen LogP contribution in [0.5, 0.6) is 5.75 Å². The number of carbonyl (C=O) groups excluding carboxylic acids is 1. The van der Waals surface area contributed by atoms with Crippen LogP contribution >= 0.6 is 22.9 Å². The van der Waals surface area contributed by atoms with E-state index >= 15 is 0 Å². The Bertz CT molecular complexity index is 990. The largest absolute Gasteiger partial charge is 0.494 e. The van der Waals surface area contributed by atoms with Crippen molar-refractivity contribution in [3.8, 4) is 5.75 Å². The number of amides is 1. The number of hydrogen-bond donors (Lipinski definition) is 1. The van der Waals surface area contributed by atoms with Crippen molar-refractivity contribution >= 4 is 39.7 Å². The lowest BCUT2D eigenvalue weighted by molar-refractivity contribution is -0.120. The second-order valence-corrected chi connectivity index (χ2v) is 8.99. The first-order valence-corrected chi connectivity index (χ1v) is 11.7. The summed E-state index contributed by atoms with van der Waals surface area (Å²) in [5.41, 5.74) is 1.11. The second kappa shape index (κ2) is 10.6. The number of ether oxygens (including phenoxy) is 1. The Morgan fingerprint density at radius 3 is 2.71 bits per heavy atom. The summed E-state index contributed by atoms with van der Waals surface area (Å²) in [6.45, 7) is 2.29. The first-order valence-electron chi connectivity index (χ1n) is 10.5. The van der Waals surface area contributed by atoms with Crippen molar-refractivity contribution in [3.05, 3.63) is 64.6 Å². The average Bonchev–Trinajstić information content (AvgIpc) is 3.24. The Kier molecular flexibility index (Phi) is 7.38. The van der Waals surface area contributed by atoms with Crippen molar-refractivity contribution in [2.75, 3.05) is 29.9 Å². The molecule has 1 aliphatic rings. The first-order chi connectivity index (χ1) is 15.2. The van der Waals surface area contributed by atoms with Crippen LogP contribution < -0.4 is 15.0 Å². The molecule has 0 bridgehead atoms. The lowest BCUT2D eigenvalue weighted by Crippen LogP contribution is -2.38. The van der Waals surface area contributed by atoms with Crippen LogP contribution in [0.2, 0.25) is 5.02 Å². The Labute approximate surface area is 191 Å². The molecule has 1 saturated heterocycles. The number of nitrogens with one attached hydrogen (secondary N) is 1. The highest BCUT2D eigenvalue weighted by Gasteiger charge is 2.26. The molecule has 162 valence electrons. The minimum Gasteiger partial charge on any atom is -0.494 e. The molecule has 31 heavy (non-hydrogen) atoms. The van der Waals surface area contributed by atoms with Crippen molar-refractivity contribution in [2.45, 2.75) is 25.7 Å². The first kappa shape index (κ1) is 21.6. The summed E-state index contributed by atoms with van der Waals surface area (Å²) in [5.74, 6) is 0.886. The van der Waals surface area contributed by atoms with Crippen LogP contribution in [0.3, 0.4) is 0 Å². The molecule has 2 heterocycles. The molecule has 1 fully saturated rings. The maximum atomic E-state index is 12.7. The summed E-state index contributed by atoms with van der Waals surface area (Å²) in [7, 11) is 0. The molecule has 8 heteroatoms. The van der Waals surface area contributed by atoms with E-state index in [1.54, 1.807) is 0 Å². The smallest absolute Gasteiger partial charge is 0.229 e. The molecule has 3 aromatic rings. The number of hydrogen-bond acceptors (Lipinski definition) is 6. The molecule has 0 atom stereocenters. The highest BCUT2D eigenvalue weighted by atomic mass is 35.5. The van der Waals surface area contributed by atoms with E-state index in [9.17, 15) is 4.79 Å². The third-order valence-corrected chi connectivity index (χ3v) is 6.42. The Morgan fingerprint density at radius 1 is 1.13 bits per heavy atom. The number of aryl methyl sites for hydroxylation is 1. The van der Waals surface area contributed by atoms with Crippen LogP contribution in [0.15, 0.2) is 54.6 Å². The lowest BCUT2D eigenvalue weighted by atomic mass is 9.95. The van der Waals surface area contributed by atoms with Crippen LogP contribution in [-0.4, -0.2) is 35.8 Å². The van der Waals surface area contributed by atoms with Crippen molar-refractivity contribution in [1.82, 2.24) is 10.2 Å². The van der Waals surface area contributed by atoms with E-state index in [2.05, 4.69) is 26.5 Å². The molecule has 1 amide bonds. The van der Waals surface area contributed by atoms with Gasteiger partial charge in [-0.1, -0.05) is 47.2 Å². The SMILES string of the molecule is O=C(Nc1nnc(CCCOc2ccccc2)s1)C1CCN(c2cccc(Cl)c2)CC1. The zero-order valence-electron chi connectivity index (χ0n) is 17.2. The van der Waals surface area contributed by atoms with E-state index in [4.69, 9.17) is 16.3 Å². The summed E-state index contributed by atoms with van der Waals surface area (Å²) < 4.78 is 5.70. The van der Waals surface area contributed by atoms with Gasteiger partial charge < -0.3 is 15.0 Å². The van der Waals surface area contributed by atoms with E-state index in [0.29, 0.717) is 11.7 Å². The summed E-state index contributed by atoms with van der Waals surface area (Å²) in [4.78, 5) is 14.9. The molecular formula is C23H25ClN4O2S. The number of nitrogens with zero attached hydrogens (tertiary/aromatic N) is 3. The van der Waals surface area contributed by atoms with E-state index in [1.807, 2.05) is 48.5 Å². The Balaban J connectivity index is 1.19. The van der Waals surface area contributed by atoms with Gasteiger partial charge in [0, 0.05) is 36.1 Å². The summed E-state index contributed by atoms with van der Waals surface area (Å²) in [6.07, 6.45) is 3.24. The third kappa shape index (κ3) is 6.18. The van der Waals surface area contributed by atoms with Gasteiger partial charge >= 0.3 is 0 Å². The number of aromatic nitrogens is 2. The number of anilines is 2. The van der Waals surface area contributed by atoms with Crippen molar-refractivity contribution in [3.63, 3.8) is 0 Å². The molecular weight excluding hydrogens is 432 g/mol. The van der Waals surface area contributed by atoms with Gasteiger partial charge in [-0.25, -0.2) is 0 Å². The van der Waals surface area contributed by atoms with Gasteiger partial charge in [0.25, 0.3) is 0 Å². The predicted molar refractivity (Wildman–Crippen MR) is 125 cm³/mol. The van der Waals surface area contributed by atoms with Crippen LogP contribution in [-0.2, 0) is 11.2 Å². The molecule has 0 spiro atoms. The van der Waals surface area contributed by atoms with Gasteiger partial charge in [-0.3, -0.25) is 4.79 Å². The number of carbonyl (C=O) groups is 1. The highest BCUT2D eigenvalue weighted by molar-refractivity contribution is 7.15. The van der Waals surface area contributed by atoms with Gasteiger partial charge in [-0.2, -0.15) is 0 Å². The van der Waals surface area contributed by atoms with Crippen LogP contribution in [0, 0.1) is 5.92 Å². The summed E-state index contributed by atoms with van der Waals surface area (Å²) in [5, 5.41) is 13.5. The van der Waals surface area contributed by atoms with E-state index in [-0.39, 0.29) is 11.8 Å². The molecule has 2 aromatic carbocycles. The standard InChI is InChI=1S/C23H25ClN4O2S/c24-18-6-4-7-19(16-18)28-13-11-17(12-14-28)22(29)25-23-27-26-21(31-23)10-5-15-30-20-8-2-1-3-9-20/h1-4,6-9,16-17H,5,10-15H2,(H,25,27,29). The van der Waals surface area contributed by atoms with Gasteiger partial charge in [0.2, 0.25) is 11.0 Å². The van der Waals surface area contributed by atoms with E-state index in [0.717, 1.165) is 60.2 Å². The van der Waals surface area contributed by atoms with E-state index in [1.165, 1.54) is 11.3 Å². The minimum atomic E-state index is -0.0120. The fourth-order valence-corrected chi connectivity index (χ4v) is 4.58. The third-order valence-electron chi connectivity index (χ3n) is 5.28. The quantitative estimate of drug-likeness (QED) is 0.480. The zero-order valence-corrected chi connectivity index (χ0v) is 18.7. The van der Waals surface area contributed by atoms with Crippen molar-refractivity contribution < 1.29 is 9.53 Å². The number of rotatable bonds is 8. The average molecular weight is 457 g/mol. The molecule has 0 aliphatic carbocycles. The van der Waals surface area contributed by atoms with Gasteiger partial charge in [0.15, 0.2) is 0 Å². The maximum Gasteiger partial charge on any atom is 0.229 e. The fourth-order valence-electron chi connectivity index (χ4n) is 3.62. The lowest BCUT2D eigenvalue weighted by Gasteiger charge is -2.32. The molecule has 1 aliphatic heterocycles. The maximum absolute atomic E-state index is 12.7. The molecule has 0 radical (unpaired) electrons. The van der Waals surface area contributed by atoms with Crippen molar-refractivity contribution in [2.24, 2.45) is 5.92 Å². The fraction of sp³-hybridized carbons (Fsp3) is 0.348. The van der Waals surface area contributed by atoms with Gasteiger partial charge in [-0.05, 0) is 49.6 Å². The second-order valence-electron chi connectivity index (χ2n) is 7.50. The van der Waals surface area contributed by atoms with Gasteiger partial charge in [0.1, 0.15) is 10.8 Å². The monoisotopic (exact) mass is 456 g/mol.